The van der Waals surface area contributed by atoms with Crippen LogP contribution in [0.15, 0.2) is 24.3 Å². The van der Waals surface area contributed by atoms with Gasteiger partial charge in [-0.1, -0.05) is 0 Å². The van der Waals surface area contributed by atoms with E-state index in [4.69, 9.17) is 5.11 Å². The number of anilines is 1. The van der Waals surface area contributed by atoms with Crippen LogP contribution in [-0.4, -0.2) is 40.2 Å². The highest BCUT2D eigenvalue weighted by Gasteiger charge is 2.28. The van der Waals surface area contributed by atoms with Crippen LogP contribution in [0.3, 0.4) is 0 Å². The molecule has 0 bridgehead atoms. The van der Waals surface area contributed by atoms with Gasteiger partial charge in [0.15, 0.2) is 0 Å². The Morgan fingerprint density at radius 3 is 2.47 bits per heavy atom. The van der Waals surface area contributed by atoms with Crippen LogP contribution in [-0.2, 0) is 0 Å². The van der Waals surface area contributed by atoms with Crippen molar-refractivity contribution in [3.8, 4) is 0 Å². The second-order valence-electron chi connectivity index (χ2n) is 3.79. The smallest absolute Gasteiger partial charge is 0.322 e. The first kappa shape index (κ1) is 11.3. The number of hydrogen-bond donors (Lipinski definition) is 2. The molecule has 1 aromatic rings. The number of urea groups is 1. The number of carbonyl (C=O) groups is 1. The highest BCUT2D eigenvalue weighted by molar-refractivity contribution is 5.90. The third kappa shape index (κ3) is 2.51. The van der Waals surface area contributed by atoms with Crippen molar-refractivity contribution in [1.82, 2.24) is 4.90 Å². The molecule has 0 saturated carbocycles. The normalized spacial score (nSPS) is 15.2. The van der Waals surface area contributed by atoms with Gasteiger partial charge in [-0.25, -0.2) is 4.79 Å². The van der Waals surface area contributed by atoms with E-state index in [-0.39, 0.29) is 11.7 Å². The number of likely N-dealkylation sites (tertiary alicyclic amines) is 1. The van der Waals surface area contributed by atoms with Crippen LogP contribution in [0.1, 0.15) is 0 Å². The molecular weight excluding hydrogens is 226 g/mol. The van der Waals surface area contributed by atoms with Gasteiger partial charge in [-0.2, -0.15) is 0 Å². The maximum Gasteiger partial charge on any atom is 0.322 e. The minimum Gasteiger partial charge on any atom is -0.389 e. The van der Waals surface area contributed by atoms with Gasteiger partial charge in [0, 0.05) is 17.8 Å². The molecule has 0 aromatic heterocycles. The van der Waals surface area contributed by atoms with E-state index in [1.54, 1.807) is 0 Å². The Morgan fingerprint density at radius 2 is 2.00 bits per heavy atom. The lowest BCUT2D eigenvalue weighted by atomic mass is 10.2. The summed E-state index contributed by atoms with van der Waals surface area (Å²) in [4.78, 5) is 22.9. The molecule has 1 heterocycles. The zero-order valence-corrected chi connectivity index (χ0v) is 8.87. The van der Waals surface area contributed by atoms with E-state index in [0.717, 1.165) is 0 Å². The number of hydrogen-bond acceptors (Lipinski definition) is 4. The number of aliphatic hydroxyl groups excluding tert-OH is 1. The number of nitrogens with one attached hydrogen (secondary N) is 1. The van der Waals surface area contributed by atoms with Gasteiger partial charge >= 0.3 is 6.03 Å². The molecule has 1 aromatic carbocycles. The van der Waals surface area contributed by atoms with Gasteiger partial charge in [-0.15, -0.1) is 0 Å². The van der Waals surface area contributed by atoms with Crippen molar-refractivity contribution >= 4 is 17.4 Å². The summed E-state index contributed by atoms with van der Waals surface area (Å²) in [6.07, 6.45) is -0.447. The van der Waals surface area contributed by atoms with Crippen LogP contribution in [0.2, 0.25) is 0 Å². The highest BCUT2D eigenvalue weighted by Crippen LogP contribution is 2.17. The predicted molar refractivity (Wildman–Crippen MR) is 59.7 cm³/mol. The van der Waals surface area contributed by atoms with E-state index in [1.807, 2.05) is 0 Å². The quantitative estimate of drug-likeness (QED) is 0.587. The number of rotatable bonds is 2. The molecule has 2 N–H and O–H groups in total. The van der Waals surface area contributed by atoms with Crippen LogP contribution in [0, 0.1) is 10.1 Å². The zero-order chi connectivity index (χ0) is 12.4. The van der Waals surface area contributed by atoms with E-state index in [2.05, 4.69) is 5.32 Å². The summed E-state index contributed by atoms with van der Waals surface area (Å²) in [5.74, 6) is 0. The SMILES string of the molecule is O=C(Nc1ccc([N+](=O)[O-])cc1)N1CC(O)C1. The number of benzene rings is 1. The molecule has 1 aliphatic heterocycles. The first-order valence-electron chi connectivity index (χ1n) is 5.05. The summed E-state index contributed by atoms with van der Waals surface area (Å²) in [6.45, 7) is 0.637. The van der Waals surface area contributed by atoms with E-state index in [9.17, 15) is 14.9 Å². The largest absolute Gasteiger partial charge is 0.389 e. The van der Waals surface area contributed by atoms with E-state index >= 15 is 0 Å². The molecule has 0 atom stereocenters. The molecule has 90 valence electrons. The molecule has 0 unspecified atom stereocenters. The summed E-state index contributed by atoms with van der Waals surface area (Å²) in [5, 5.41) is 22.0. The molecule has 7 nitrogen and oxygen atoms in total. The number of nitro groups is 1. The second-order valence-corrected chi connectivity index (χ2v) is 3.79. The van der Waals surface area contributed by atoms with Crippen LogP contribution in [0.5, 0.6) is 0 Å². The minimum atomic E-state index is -0.503. The van der Waals surface area contributed by atoms with Gasteiger partial charge in [0.2, 0.25) is 0 Å². The third-order valence-corrected chi connectivity index (χ3v) is 2.48. The highest BCUT2D eigenvalue weighted by atomic mass is 16.6. The number of carbonyl (C=O) groups excluding carboxylic acids is 1. The number of nitro benzene ring substituents is 1. The molecule has 1 saturated heterocycles. The summed E-state index contributed by atoms with van der Waals surface area (Å²) in [7, 11) is 0. The van der Waals surface area contributed by atoms with Gasteiger partial charge < -0.3 is 15.3 Å². The first-order chi connectivity index (χ1) is 8.06. The van der Waals surface area contributed by atoms with Crippen LogP contribution in [0.25, 0.3) is 0 Å². The zero-order valence-electron chi connectivity index (χ0n) is 8.87. The topological polar surface area (TPSA) is 95.7 Å². The lowest BCUT2D eigenvalue weighted by molar-refractivity contribution is -0.384. The van der Waals surface area contributed by atoms with Gasteiger partial charge in [-0.05, 0) is 12.1 Å². The second kappa shape index (κ2) is 4.38. The summed E-state index contributed by atoms with van der Waals surface area (Å²) >= 11 is 0. The van der Waals surface area contributed by atoms with Crippen LogP contribution >= 0.6 is 0 Å². The number of amides is 2. The summed E-state index contributed by atoms with van der Waals surface area (Å²) in [5.41, 5.74) is 0.462. The Balaban J connectivity index is 1.95. The van der Waals surface area contributed by atoms with Crippen molar-refractivity contribution in [3.63, 3.8) is 0 Å². The van der Waals surface area contributed by atoms with Gasteiger partial charge in [0.05, 0.1) is 24.1 Å². The van der Waals surface area contributed by atoms with Crippen molar-refractivity contribution in [2.24, 2.45) is 0 Å². The Bertz CT molecular complexity index is 439. The third-order valence-electron chi connectivity index (χ3n) is 2.48. The van der Waals surface area contributed by atoms with Crippen molar-refractivity contribution in [2.75, 3.05) is 18.4 Å². The van der Waals surface area contributed by atoms with Crippen LogP contribution < -0.4 is 5.32 Å². The molecule has 7 heteroatoms. The number of β-amino-alcohol motifs (C(OH)–C–C–N with tert-alkyl or cyclic N) is 1. The fourth-order valence-corrected chi connectivity index (χ4v) is 1.49. The maximum atomic E-state index is 11.5. The Morgan fingerprint density at radius 1 is 1.41 bits per heavy atom. The van der Waals surface area contributed by atoms with Crippen molar-refractivity contribution in [3.05, 3.63) is 34.4 Å². The molecule has 17 heavy (non-hydrogen) atoms. The molecule has 2 amide bonds. The lowest BCUT2D eigenvalue weighted by Crippen LogP contribution is -2.54. The Kier molecular flexibility index (Phi) is 2.92. The fraction of sp³-hybridized carbons (Fsp3) is 0.300. The van der Waals surface area contributed by atoms with Crippen molar-refractivity contribution < 1.29 is 14.8 Å². The Labute approximate surface area is 96.8 Å². The average Bonchev–Trinajstić information content (AvgIpc) is 2.25. The molecule has 2 rings (SSSR count). The van der Waals surface area contributed by atoms with Gasteiger partial charge in [-0.3, -0.25) is 10.1 Å². The molecule has 0 spiro atoms. The number of aliphatic hydroxyl groups is 1. The average molecular weight is 237 g/mol. The van der Waals surface area contributed by atoms with E-state index in [1.165, 1.54) is 29.2 Å². The fourth-order valence-electron chi connectivity index (χ4n) is 1.49. The minimum absolute atomic E-state index is 0.0256. The van der Waals surface area contributed by atoms with Crippen LogP contribution in [0.4, 0.5) is 16.2 Å². The summed E-state index contributed by atoms with van der Waals surface area (Å²) < 4.78 is 0. The molecular formula is C10H11N3O4. The van der Waals surface area contributed by atoms with Gasteiger partial charge in [0.25, 0.3) is 5.69 Å². The molecule has 0 aliphatic carbocycles. The van der Waals surface area contributed by atoms with Crippen molar-refractivity contribution in [2.45, 2.75) is 6.10 Å². The lowest BCUT2D eigenvalue weighted by Gasteiger charge is -2.35. The summed E-state index contributed by atoms with van der Waals surface area (Å²) in [6, 6.07) is 5.25. The predicted octanol–water partition coefficient (Wildman–Crippen LogP) is 0.803. The van der Waals surface area contributed by atoms with Gasteiger partial charge in [0.1, 0.15) is 0 Å². The standard InChI is InChI=1S/C10H11N3O4/c14-9-5-12(6-9)10(15)11-7-1-3-8(4-2-7)13(16)17/h1-4,9,14H,5-6H2,(H,11,15). The van der Waals surface area contributed by atoms with E-state index in [0.29, 0.717) is 18.8 Å². The number of non-ortho nitro benzene ring substituents is 1. The molecule has 1 fully saturated rings. The molecule has 0 radical (unpaired) electrons. The monoisotopic (exact) mass is 237 g/mol. The molecule has 1 aliphatic rings. The van der Waals surface area contributed by atoms with Crippen molar-refractivity contribution in [1.29, 1.82) is 0 Å². The van der Waals surface area contributed by atoms with E-state index < -0.39 is 11.0 Å². The Hall–Kier alpha value is -2.15. The number of nitrogens with zero attached hydrogens (tertiary/aromatic N) is 2. The first-order valence-corrected chi connectivity index (χ1v) is 5.05. The maximum absolute atomic E-state index is 11.5.